The van der Waals surface area contributed by atoms with Gasteiger partial charge in [0.05, 0.1) is 12.3 Å². The van der Waals surface area contributed by atoms with Gasteiger partial charge in [0.1, 0.15) is 11.3 Å². The monoisotopic (exact) mass is 363 g/mol. The van der Waals surface area contributed by atoms with E-state index >= 15 is 0 Å². The fourth-order valence-electron chi connectivity index (χ4n) is 3.29. The van der Waals surface area contributed by atoms with Gasteiger partial charge in [-0.1, -0.05) is 13.0 Å². The van der Waals surface area contributed by atoms with Gasteiger partial charge in [-0.2, -0.15) is 5.10 Å². The molecule has 6 nitrogen and oxygen atoms in total. The summed E-state index contributed by atoms with van der Waals surface area (Å²) in [6, 6.07) is 13.5. The first-order valence-electron chi connectivity index (χ1n) is 9.18. The minimum atomic E-state index is -0.0378. The van der Waals surface area contributed by atoms with E-state index in [2.05, 4.69) is 22.4 Å². The van der Waals surface area contributed by atoms with E-state index in [-0.39, 0.29) is 11.8 Å². The van der Waals surface area contributed by atoms with Crippen molar-refractivity contribution in [2.45, 2.75) is 26.7 Å². The highest BCUT2D eigenvalue weighted by Crippen LogP contribution is 2.28. The predicted octanol–water partition coefficient (Wildman–Crippen LogP) is 4.14. The second kappa shape index (κ2) is 7.23. The van der Waals surface area contributed by atoms with E-state index in [9.17, 15) is 4.79 Å². The molecular weight excluding hydrogens is 342 g/mol. The summed E-state index contributed by atoms with van der Waals surface area (Å²) in [6.07, 6.45) is 1.32. The van der Waals surface area contributed by atoms with E-state index < -0.39 is 0 Å². The van der Waals surface area contributed by atoms with Crippen LogP contribution in [-0.2, 0) is 4.79 Å². The fraction of sp³-hybridized carbons (Fsp3) is 0.286. The van der Waals surface area contributed by atoms with Crippen molar-refractivity contribution in [1.82, 2.24) is 10.4 Å². The summed E-state index contributed by atoms with van der Waals surface area (Å²) in [5, 5.41) is 4.27. The summed E-state index contributed by atoms with van der Waals surface area (Å²) in [4.78, 5) is 16.2. The molecule has 0 spiro atoms. The Hall–Kier alpha value is -3.15. The summed E-state index contributed by atoms with van der Waals surface area (Å²) in [5.74, 6) is 1.47. The topological polar surface area (TPSA) is 76.7 Å². The van der Waals surface area contributed by atoms with Gasteiger partial charge in [0.15, 0.2) is 5.58 Å². The lowest BCUT2D eigenvalue weighted by atomic mass is 9.90. The second-order valence-corrected chi connectivity index (χ2v) is 6.50. The van der Waals surface area contributed by atoms with E-state index in [1.54, 1.807) is 0 Å². The minimum absolute atomic E-state index is 0.0378. The number of carbonyl (C=O) groups excluding carboxylic acids is 1. The SMILES string of the molecule is CCOc1ccc(-c2nc3ccc(C4=NNC(=O)CC4CC)cc3o2)cc1. The highest BCUT2D eigenvalue weighted by Gasteiger charge is 2.24. The molecule has 0 saturated heterocycles. The van der Waals surface area contributed by atoms with Gasteiger partial charge in [0.25, 0.3) is 0 Å². The number of amides is 1. The molecule has 1 aliphatic rings. The van der Waals surface area contributed by atoms with Crippen molar-refractivity contribution >= 4 is 22.7 Å². The molecule has 4 rings (SSSR count). The van der Waals surface area contributed by atoms with Gasteiger partial charge in [-0.05, 0) is 49.7 Å². The molecule has 1 unspecified atom stereocenters. The molecule has 138 valence electrons. The number of rotatable bonds is 5. The third-order valence-corrected chi connectivity index (χ3v) is 4.71. The van der Waals surface area contributed by atoms with E-state index in [4.69, 9.17) is 9.15 Å². The van der Waals surface area contributed by atoms with E-state index in [0.29, 0.717) is 24.5 Å². The molecule has 1 atom stereocenters. The Bertz CT molecular complexity index is 1010. The first kappa shape index (κ1) is 17.3. The summed E-state index contributed by atoms with van der Waals surface area (Å²) < 4.78 is 11.5. The fourth-order valence-corrected chi connectivity index (χ4v) is 3.29. The van der Waals surface area contributed by atoms with Crippen LogP contribution in [-0.4, -0.2) is 23.2 Å². The summed E-state index contributed by atoms with van der Waals surface area (Å²) in [7, 11) is 0. The van der Waals surface area contributed by atoms with E-state index in [1.807, 2.05) is 49.4 Å². The Morgan fingerprint density at radius 2 is 1.93 bits per heavy atom. The van der Waals surface area contributed by atoms with Gasteiger partial charge in [-0.25, -0.2) is 10.4 Å². The molecule has 0 fully saturated rings. The molecule has 0 radical (unpaired) electrons. The highest BCUT2D eigenvalue weighted by molar-refractivity contribution is 6.07. The van der Waals surface area contributed by atoms with Gasteiger partial charge in [0, 0.05) is 23.5 Å². The average Bonchev–Trinajstić information content (AvgIpc) is 3.12. The lowest BCUT2D eigenvalue weighted by molar-refractivity contribution is -0.122. The predicted molar refractivity (Wildman–Crippen MR) is 104 cm³/mol. The van der Waals surface area contributed by atoms with Crippen LogP contribution in [0, 0.1) is 5.92 Å². The molecule has 1 aliphatic heterocycles. The third kappa shape index (κ3) is 3.43. The molecule has 0 aliphatic carbocycles. The first-order valence-corrected chi connectivity index (χ1v) is 9.18. The lowest BCUT2D eigenvalue weighted by Crippen LogP contribution is -2.33. The largest absolute Gasteiger partial charge is 0.494 e. The Morgan fingerprint density at radius 1 is 1.15 bits per heavy atom. The Kier molecular flexibility index (Phi) is 4.62. The maximum Gasteiger partial charge on any atom is 0.240 e. The van der Waals surface area contributed by atoms with Crippen molar-refractivity contribution < 1.29 is 13.9 Å². The maximum absolute atomic E-state index is 11.6. The number of ether oxygens (including phenoxy) is 1. The van der Waals surface area contributed by atoms with Crippen LogP contribution in [0.15, 0.2) is 52.0 Å². The number of aromatic nitrogens is 1. The molecule has 0 saturated carbocycles. The number of carbonyl (C=O) groups is 1. The molecule has 2 heterocycles. The normalized spacial score (nSPS) is 16.9. The van der Waals surface area contributed by atoms with Gasteiger partial charge in [-0.3, -0.25) is 4.79 Å². The quantitative estimate of drug-likeness (QED) is 0.739. The van der Waals surface area contributed by atoms with E-state index in [1.165, 1.54) is 0 Å². The number of nitrogens with zero attached hydrogens (tertiary/aromatic N) is 2. The summed E-state index contributed by atoms with van der Waals surface area (Å²) in [6.45, 7) is 4.65. The number of nitrogens with one attached hydrogen (secondary N) is 1. The Morgan fingerprint density at radius 3 is 2.67 bits per heavy atom. The molecule has 6 heteroatoms. The van der Waals surface area contributed by atoms with Crippen molar-refractivity contribution in [2.24, 2.45) is 11.0 Å². The van der Waals surface area contributed by atoms with Gasteiger partial charge in [-0.15, -0.1) is 0 Å². The molecule has 0 bridgehead atoms. The maximum atomic E-state index is 11.6. The third-order valence-electron chi connectivity index (χ3n) is 4.71. The number of fused-ring (bicyclic) bond motifs is 1. The molecular formula is C21H21N3O3. The number of benzene rings is 2. The molecule has 2 aromatic carbocycles. The standard InChI is InChI=1S/C21H21N3O3/c1-3-13-12-19(25)23-24-20(13)15-7-10-17-18(11-15)27-21(22-17)14-5-8-16(9-6-14)26-4-2/h5-11,13H,3-4,12H2,1-2H3,(H,23,25). The van der Waals surface area contributed by atoms with Gasteiger partial charge in [0.2, 0.25) is 11.8 Å². The Balaban J connectivity index is 1.67. The van der Waals surface area contributed by atoms with Crippen molar-refractivity contribution in [3.63, 3.8) is 0 Å². The van der Waals surface area contributed by atoms with Gasteiger partial charge < -0.3 is 9.15 Å². The zero-order valence-corrected chi connectivity index (χ0v) is 15.4. The number of hydrazone groups is 1. The van der Waals surface area contributed by atoms with Crippen molar-refractivity contribution in [1.29, 1.82) is 0 Å². The van der Waals surface area contributed by atoms with Crippen molar-refractivity contribution in [2.75, 3.05) is 6.61 Å². The van der Waals surface area contributed by atoms with Crippen LogP contribution in [0.5, 0.6) is 5.75 Å². The molecule has 3 aromatic rings. The summed E-state index contributed by atoms with van der Waals surface area (Å²) in [5.41, 5.74) is 6.80. The van der Waals surface area contributed by atoms with Crippen LogP contribution in [0.2, 0.25) is 0 Å². The first-order chi connectivity index (χ1) is 13.2. The van der Waals surface area contributed by atoms with Crippen LogP contribution in [0.3, 0.4) is 0 Å². The zero-order chi connectivity index (χ0) is 18.8. The van der Waals surface area contributed by atoms with Crippen LogP contribution in [0.1, 0.15) is 32.3 Å². The number of hydrogen-bond acceptors (Lipinski definition) is 5. The minimum Gasteiger partial charge on any atom is -0.494 e. The second-order valence-electron chi connectivity index (χ2n) is 6.50. The van der Waals surface area contributed by atoms with E-state index in [0.717, 1.165) is 34.5 Å². The van der Waals surface area contributed by atoms with Crippen molar-refractivity contribution in [3.8, 4) is 17.2 Å². The smallest absolute Gasteiger partial charge is 0.240 e. The number of oxazole rings is 1. The Labute approximate surface area is 157 Å². The van der Waals surface area contributed by atoms with Crippen LogP contribution >= 0.6 is 0 Å². The summed E-state index contributed by atoms with van der Waals surface area (Å²) >= 11 is 0. The molecule has 1 aromatic heterocycles. The lowest BCUT2D eigenvalue weighted by Gasteiger charge is -2.21. The molecule has 1 amide bonds. The van der Waals surface area contributed by atoms with Crippen molar-refractivity contribution in [3.05, 3.63) is 48.0 Å². The van der Waals surface area contributed by atoms with Gasteiger partial charge >= 0.3 is 0 Å². The number of hydrogen-bond donors (Lipinski definition) is 1. The average molecular weight is 363 g/mol. The molecule has 1 N–H and O–H groups in total. The van der Waals surface area contributed by atoms with Crippen LogP contribution in [0.25, 0.3) is 22.6 Å². The highest BCUT2D eigenvalue weighted by atomic mass is 16.5. The van der Waals surface area contributed by atoms with Crippen LogP contribution < -0.4 is 10.2 Å². The zero-order valence-electron chi connectivity index (χ0n) is 15.4. The molecule has 27 heavy (non-hydrogen) atoms. The van der Waals surface area contributed by atoms with Crippen LogP contribution in [0.4, 0.5) is 0 Å².